The van der Waals surface area contributed by atoms with Crippen LogP contribution in [0.15, 0.2) is 0 Å². The fraction of sp³-hybridized carbons (Fsp3) is 0.867. The average molecular weight is 348 g/mol. The Morgan fingerprint density at radius 2 is 1.83 bits per heavy atom. The van der Waals surface area contributed by atoms with Crippen LogP contribution < -0.4 is 0 Å². The summed E-state index contributed by atoms with van der Waals surface area (Å²) in [4.78, 5) is 22.8. The van der Waals surface area contributed by atoms with E-state index in [1.165, 1.54) is 6.92 Å². The summed E-state index contributed by atoms with van der Waals surface area (Å²) < 4.78 is 41.0. The van der Waals surface area contributed by atoms with Crippen LogP contribution in [0.3, 0.4) is 0 Å². The Kier molecular flexibility index (Phi) is 5.67. The van der Waals surface area contributed by atoms with E-state index in [4.69, 9.17) is 14.0 Å². The van der Waals surface area contributed by atoms with Crippen molar-refractivity contribution in [3.05, 3.63) is 0 Å². The Labute approximate surface area is 136 Å². The molecule has 0 aliphatic heterocycles. The minimum Gasteiger partial charge on any atom is -0.466 e. The first-order valence-electron chi connectivity index (χ1n) is 7.98. The lowest BCUT2D eigenvalue weighted by Gasteiger charge is -2.46. The molecule has 0 amide bonds. The molecule has 0 aromatic rings. The van der Waals surface area contributed by atoms with Gasteiger partial charge in [0, 0.05) is 13.3 Å². The van der Waals surface area contributed by atoms with E-state index < -0.39 is 33.4 Å². The monoisotopic (exact) mass is 348 g/mol. The van der Waals surface area contributed by atoms with Crippen molar-refractivity contribution in [1.82, 2.24) is 0 Å². The summed E-state index contributed by atoms with van der Waals surface area (Å²) in [5, 5.41) is 0. The van der Waals surface area contributed by atoms with Crippen LogP contribution in [0, 0.1) is 11.8 Å². The molecule has 2 unspecified atom stereocenters. The van der Waals surface area contributed by atoms with Gasteiger partial charge in [-0.1, -0.05) is 19.3 Å². The molecule has 8 heteroatoms. The lowest BCUT2D eigenvalue weighted by molar-refractivity contribution is -0.170. The zero-order valence-corrected chi connectivity index (χ0v) is 14.1. The molecule has 7 nitrogen and oxygen atoms in total. The molecule has 23 heavy (non-hydrogen) atoms. The van der Waals surface area contributed by atoms with E-state index in [0.29, 0.717) is 31.1 Å². The van der Waals surface area contributed by atoms with Crippen LogP contribution in [0.2, 0.25) is 0 Å². The first kappa shape index (κ1) is 18.2. The van der Waals surface area contributed by atoms with Crippen molar-refractivity contribution in [2.45, 2.75) is 57.5 Å². The van der Waals surface area contributed by atoms with Crippen molar-refractivity contribution in [3.63, 3.8) is 0 Å². The van der Waals surface area contributed by atoms with Gasteiger partial charge < -0.3 is 9.47 Å². The van der Waals surface area contributed by atoms with E-state index in [1.807, 2.05) is 0 Å². The molecule has 2 rings (SSSR count). The first-order chi connectivity index (χ1) is 10.7. The smallest absolute Gasteiger partial charge is 0.324 e. The van der Waals surface area contributed by atoms with E-state index in [9.17, 15) is 18.0 Å². The van der Waals surface area contributed by atoms with Gasteiger partial charge in [0.15, 0.2) is 5.75 Å². The molecular formula is C15H24O7S. The molecule has 2 aliphatic carbocycles. The van der Waals surface area contributed by atoms with Crippen molar-refractivity contribution < 1.29 is 32.0 Å². The molecule has 0 spiro atoms. The maximum Gasteiger partial charge on any atom is 0.324 e. The molecule has 2 saturated carbocycles. The zero-order chi connectivity index (χ0) is 17.1. The van der Waals surface area contributed by atoms with E-state index in [0.717, 1.165) is 25.7 Å². The van der Waals surface area contributed by atoms with Gasteiger partial charge in [-0.15, -0.1) is 0 Å². The third-order valence-corrected chi connectivity index (χ3v) is 5.31. The Bertz CT molecular complexity index is 542. The van der Waals surface area contributed by atoms with Crippen LogP contribution in [0.1, 0.15) is 51.9 Å². The van der Waals surface area contributed by atoms with Crippen LogP contribution in [-0.2, 0) is 29.2 Å². The lowest BCUT2D eigenvalue weighted by atomic mass is 9.65. The number of rotatable bonds is 6. The minimum atomic E-state index is -4.41. The van der Waals surface area contributed by atoms with Gasteiger partial charge in [-0.25, -0.2) is 0 Å². The highest BCUT2D eigenvalue weighted by molar-refractivity contribution is 7.86. The second-order valence-corrected chi connectivity index (χ2v) is 8.23. The number of fused-ring (bicyclic) bond motifs is 2. The number of ether oxygens (including phenoxy) is 2. The number of carbonyl (C=O) groups excluding carboxylic acids is 2. The molecular weight excluding hydrogens is 324 g/mol. The van der Waals surface area contributed by atoms with Crippen LogP contribution in [0.5, 0.6) is 0 Å². The number of esters is 2. The maximum atomic E-state index is 11.9. The highest BCUT2D eigenvalue weighted by Crippen LogP contribution is 2.47. The second-order valence-electron chi connectivity index (χ2n) is 6.78. The van der Waals surface area contributed by atoms with Gasteiger partial charge >= 0.3 is 11.9 Å². The predicted octanol–water partition coefficient (Wildman–Crippen LogP) is 1.71. The second kappa shape index (κ2) is 7.17. The summed E-state index contributed by atoms with van der Waals surface area (Å²) >= 11 is 0. The highest BCUT2D eigenvalue weighted by Gasteiger charge is 2.45. The zero-order valence-electron chi connectivity index (χ0n) is 13.3. The molecule has 0 saturated heterocycles. The Hall–Kier alpha value is -1.15. The fourth-order valence-corrected chi connectivity index (χ4v) is 4.40. The third kappa shape index (κ3) is 5.76. The molecule has 0 aromatic heterocycles. The number of carbonyl (C=O) groups is 2. The summed E-state index contributed by atoms with van der Waals surface area (Å²) in [7, 11) is -4.41. The fourth-order valence-electron chi connectivity index (χ4n) is 4.05. The maximum absolute atomic E-state index is 11.9. The van der Waals surface area contributed by atoms with E-state index in [1.54, 1.807) is 0 Å². The molecule has 2 bridgehead atoms. The Balaban J connectivity index is 2.07. The topological polar surface area (TPSA) is 107 Å². The van der Waals surface area contributed by atoms with Crippen molar-refractivity contribution >= 4 is 22.1 Å². The largest absolute Gasteiger partial charge is 0.466 e. The van der Waals surface area contributed by atoms with Gasteiger partial charge in [-0.05, 0) is 31.1 Å². The van der Waals surface area contributed by atoms with Gasteiger partial charge in [-0.2, -0.15) is 8.42 Å². The third-order valence-electron chi connectivity index (χ3n) is 4.71. The molecule has 2 fully saturated rings. The SMILES string of the molecule is CC(=O)OCCC1(OC(=O)CS(=O)(=O)O)CC2CCCC(C2)C1. The van der Waals surface area contributed by atoms with Crippen LogP contribution in [-0.4, -0.2) is 42.9 Å². The standard InChI is InChI=1S/C15H24O7S/c1-11(16)21-6-5-15(22-14(17)10-23(18,19)20)8-12-3-2-4-13(7-12)9-15/h12-13H,2-10H2,1H3,(H,18,19,20). The number of hydrogen-bond donors (Lipinski definition) is 1. The van der Waals surface area contributed by atoms with Crippen molar-refractivity contribution in [1.29, 1.82) is 0 Å². The van der Waals surface area contributed by atoms with E-state index in [2.05, 4.69) is 0 Å². The van der Waals surface area contributed by atoms with E-state index in [-0.39, 0.29) is 6.61 Å². The van der Waals surface area contributed by atoms with E-state index >= 15 is 0 Å². The highest BCUT2D eigenvalue weighted by atomic mass is 32.2. The van der Waals surface area contributed by atoms with Crippen LogP contribution in [0.4, 0.5) is 0 Å². The summed E-state index contributed by atoms with van der Waals surface area (Å²) in [5.74, 6) is -1.51. The molecule has 2 aliphatic rings. The molecule has 2 atom stereocenters. The Morgan fingerprint density at radius 1 is 1.22 bits per heavy atom. The minimum absolute atomic E-state index is 0.133. The summed E-state index contributed by atoms with van der Waals surface area (Å²) in [6.45, 7) is 1.44. The predicted molar refractivity (Wildman–Crippen MR) is 81.2 cm³/mol. The van der Waals surface area contributed by atoms with Crippen molar-refractivity contribution in [2.24, 2.45) is 11.8 Å². The van der Waals surface area contributed by atoms with Gasteiger partial charge in [0.25, 0.3) is 10.1 Å². The average Bonchev–Trinajstić information content (AvgIpc) is 2.34. The van der Waals surface area contributed by atoms with Crippen molar-refractivity contribution in [2.75, 3.05) is 12.4 Å². The molecule has 0 heterocycles. The number of hydrogen-bond acceptors (Lipinski definition) is 6. The first-order valence-corrected chi connectivity index (χ1v) is 9.59. The van der Waals surface area contributed by atoms with Crippen LogP contribution >= 0.6 is 0 Å². The molecule has 132 valence electrons. The normalized spacial score (nSPS) is 30.5. The molecule has 0 aromatic carbocycles. The summed E-state index contributed by atoms with van der Waals surface area (Å²) in [6.07, 6.45) is 6.07. The van der Waals surface area contributed by atoms with Gasteiger partial charge in [0.2, 0.25) is 0 Å². The molecule has 0 radical (unpaired) electrons. The van der Waals surface area contributed by atoms with Crippen LogP contribution in [0.25, 0.3) is 0 Å². The molecule has 1 N–H and O–H groups in total. The van der Waals surface area contributed by atoms with Crippen molar-refractivity contribution in [3.8, 4) is 0 Å². The van der Waals surface area contributed by atoms with Gasteiger partial charge in [0.1, 0.15) is 5.60 Å². The Morgan fingerprint density at radius 3 is 2.35 bits per heavy atom. The lowest BCUT2D eigenvalue weighted by Crippen LogP contribution is -2.46. The quantitative estimate of drug-likeness (QED) is 0.575. The summed E-state index contributed by atoms with van der Waals surface area (Å²) in [5.41, 5.74) is -0.800. The summed E-state index contributed by atoms with van der Waals surface area (Å²) in [6, 6.07) is 0. The van der Waals surface area contributed by atoms with Gasteiger partial charge in [0.05, 0.1) is 6.61 Å². The van der Waals surface area contributed by atoms with Gasteiger partial charge in [-0.3, -0.25) is 14.1 Å².